The molecule has 2 N–H and O–H groups in total. The molecule has 0 fully saturated rings. The Hall–Kier alpha value is -3.46. The average Bonchev–Trinajstić information content (AvgIpc) is 3.00. The minimum atomic E-state index is -0.0715. The minimum absolute atomic E-state index is 0.0715. The molecule has 0 heterocycles. The number of phenolic OH excluding ortho intramolecular Hbond substituents is 2. The molecule has 0 aromatic heterocycles. The predicted octanol–water partition coefficient (Wildman–Crippen LogP) is 11.7. The Balaban J connectivity index is 0.000000224. The van der Waals surface area contributed by atoms with Crippen LogP contribution >= 0.6 is 0 Å². The number of rotatable bonds is 9. The molecule has 0 aliphatic carbocycles. The summed E-state index contributed by atoms with van der Waals surface area (Å²) in [5.74, 6) is 3.47. The molecule has 4 rings (SSSR count). The van der Waals surface area contributed by atoms with E-state index in [0.717, 1.165) is 30.4 Å². The van der Waals surface area contributed by atoms with Crippen LogP contribution in [0.3, 0.4) is 0 Å². The van der Waals surface area contributed by atoms with Crippen LogP contribution in [0, 0.1) is 0 Å². The molecule has 0 aliphatic heterocycles. The fraction of sp³-hybridized carbons (Fsp3) is 0.436. The highest BCUT2D eigenvalue weighted by atomic mass is 16.5. The van der Waals surface area contributed by atoms with Crippen molar-refractivity contribution in [3.8, 4) is 17.2 Å². The number of hydrogen-bond donors (Lipinski definition) is 2. The van der Waals surface area contributed by atoms with Crippen LogP contribution in [0.2, 0.25) is 0 Å². The monoisotopic (exact) mass is 570 g/mol. The maximum Gasteiger partial charge on any atom is 0.120 e. The molecule has 0 bridgehead atoms. The Morgan fingerprint density at radius 1 is 0.548 bits per heavy atom. The molecule has 3 heteroatoms. The van der Waals surface area contributed by atoms with Crippen LogP contribution in [-0.4, -0.2) is 15.8 Å². The van der Waals surface area contributed by atoms with E-state index in [0.29, 0.717) is 29.3 Å². The highest BCUT2D eigenvalue weighted by Gasteiger charge is 2.16. The van der Waals surface area contributed by atoms with Gasteiger partial charge in [-0.2, -0.15) is 0 Å². The second-order valence-electron chi connectivity index (χ2n) is 12.1. The van der Waals surface area contributed by atoms with Crippen LogP contribution in [0.5, 0.6) is 17.2 Å². The van der Waals surface area contributed by atoms with E-state index in [1.807, 2.05) is 18.2 Å². The van der Waals surface area contributed by atoms with Crippen LogP contribution in [0.25, 0.3) is 10.8 Å². The summed E-state index contributed by atoms with van der Waals surface area (Å²) in [4.78, 5) is 0. The molecule has 4 aromatic rings. The maximum atomic E-state index is 9.35. The SMILES string of the molecule is CCC(C)c1ccc(O)cc1.CCC(C)c1ccc(OC(C)(C)CC)cc1.CCC(C)c1ccc2cc(O)ccc2c1. The quantitative estimate of drug-likeness (QED) is 0.210. The van der Waals surface area contributed by atoms with E-state index in [4.69, 9.17) is 9.84 Å². The van der Waals surface area contributed by atoms with Crippen molar-refractivity contribution in [3.63, 3.8) is 0 Å². The Kier molecular flexibility index (Phi) is 13.9. The van der Waals surface area contributed by atoms with Gasteiger partial charge >= 0.3 is 0 Å². The van der Waals surface area contributed by atoms with Crippen molar-refractivity contribution >= 4 is 10.8 Å². The van der Waals surface area contributed by atoms with Crippen LogP contribution < -0.4 is 4.74 Å². The van der Waals surface area contributed by atoms with Crippen molar-refractivity contribution in [3.05, 3.63) is 102 Å². The first-order valence-electron chi connectivity index (χ1n) is 15.7. The van der Waals surface area contributed by atoms with E-state index in [9.17, 15) is 5.11 Å². The normalized spacial score (nSPS) is 13.2. The lowest BCUT2D eigenvalue weighted by Crippen LogP contribution is -2.26. The third-order valence-electron chi connectivity index (χ3n) is 8.41. The lowest BCUT2D eigenvalue weighted by Gasteiger charge is -2.25. The number of hydrogen-bond acceptors (Lipinski definition) is 3. The zero-order valence-corrected chi connectivity index (χ0v) is 27.4. The summed E-state index contributed by atoms with van der Waals surface area (Å²) in [6.45, 7) is 19.6. The van der Waals surface area contributed by atoms with Gasteiger partial charge in [0.25, 0.3) is 0 Å². The number of ether oxygens (including phenoxy) is 1. The Morgan fingerprint density at radius 2 is 0.952 bits per heavy atom. The van der Waals surface area contributed by atoms with E-state index in [2.05, 4.69) is 105 Å². The zero-order valence-electron chi connectivity index (χ0n) is 27.4. The third kappa shape index (κ3) is 11.1. The Morgan fingerprint density at radius 3 is 1.45 bits per heavy atom. The smallest absolute Gasteiger partial charge is 0.120 e. The second kappa shape index (κ2) is 16.9. The topological polar surface area (TPSA) is 49.7 Å². The van der Waals surface area contributed by atoms with Gasteiger partial charge in [-0.15, -0.1) is 0 Å². The zero-order chi connectivity index (χ0) is 31.3. The predicted molar refractivity (Wildman–Crippen MR) is 181 cm³/mol. The summed E-state index contributed by atoms with van der Waals surface area (Å²) >= 11 is 0. The van der Waals surface area contributed by atoms with Crippen LogP contribution in [0.1, 0.15) is 122 Å². The summed E-state index contributed by atoms with van der Waals surface area (Å²) in [6, 6.07) is 27.9. The molecular weight excluding hydrogens is 516 g/mol. The van der Waals surface area contributed by atoms with Crippen LogP contribution in [-0.2, 0) is 0 Å². The minimum Gasteiger partial charge on any atom is -0.508 e. The standard InChI is InChI=1S/C15H24O.C14H16O.C10H14O/c1-6-12(3)13-8-10-14(11-9-13)16-15(4,5)7-2;1-3-10(2)11-4-5-13-9-14(15)7-6-12(13)8-11;1-3-8(2)9-4-6-10(11)7-5-9/h8-12H,6-7H2,1-5H3;4-10,15H,3H2,1-2H3;4-8,11H,3H2,1-2H3. The fourth-order valence-corrected chi connectivity index (χ4v) is 4.32. The number of phenols is 2. The maximum absolute atomic E-state index is 9.35. The van der Waals surface area contributed by atoms with Gasteiger partial charge in [0.15, 0.2) is 0 Å². The number of fused-ring (bicyclic) bond motifs is 1. The molecule has 0 amide bonds. The van der Waals surface area contributed by atoms with Crippen molar-refractivity contribution in [2.24, 2.45) is 0 Å². The number of aromatic hydroxyl groups is 2. The number of benzene rings is 4. The van der Waals surface area contributed by atoms with E-state index >= 15 is 0 Å². The highest BCUT2D eigenvalue weighted by molar-refractivity contribution is 5.84. The molecule has 0 saturated heterocycles. The molecule has 3 unspecified atom stereocenters. The molecule has 0 aliphatic rings. The van der Waals surface area contributed by atoms with E-state index in [-0.39, 0.29) is 5.60 Å². The summed E-state index contributed by atoms with van der Waals surface area (Å²) in [7, 11) is 0. The highest BCUT2D eigenvalue weighted by Crippen LogP contribution is 2.27. The van der Waals surface area contributed by atoms with Gasteiger partial charge in [-0.3, -0.25) is 0 Å². The van der Waals surface area contributed by atoms with Crippen LogP contribution in [0.15, 0.2) is 84.9 Å². The van der Waals surface area contributed by atoms with Gasteiger partial charge in [0, 0.05) is 0 Å². The fourth-order valence-electron chi connectivity index (χ4n) is 4.32. The van der Waals surface area contributed by atoms with E-state index < -0.39 is 0 Å². The van der Waals surface area contributed by atoms with E-state index in [1.165, 1.54) is 28.5 Å². The molecule has 0 spiro atoms. The van der Waals surface area contributed by atoms with Crippen molar-refractivity contribution in [1.82, 2.24) is 0 Å². The lowest BCUT2D eigenvalue weighted by molar-refractivity contribution is 0.105. The van der Waals surface area contributed by atoms with Gasteiger partial charge in [0.1, 0.15) is 22.8 Å². The molecule has 228 valence electrons. The van der Waals surface area contributed by atoms with Crippen molar-refractivity contribution in [2.45, 2.75) is 111 Å². The van der Waals surface area contributed by atoms with Gasteiger partial charge in [0.05, 0.1) is 0 Å². The van der Waals surface area contributed by atoms with E-state index in [1.54, 1.807) is 24.3 Å². The molecule has 3 atom stereocenters. The third-order valence-corrected chi connectivity index (χ3v) is 8.41. The second-order valence-corrected chi connectivity index (χ2v) is 12.1. The summed E-state index contributed by atoms with van der Waals surface area (Å²) in [5, 5.41) is 20.7. The Bertz CT molecular complexity index is 1320. The van der Waals surface area contributed by atoms with Crippen LogP contribution in [0.4, 0.5) is 0 Å². The largest absolute Gasteiger partial charge is 0.508 e. The summed E-state index contributed by atoms with van der Waals surface area (Å²) in [6.07, 6.45) is 4.50. The Labute approximate surface area is 255 Å². The van der Waals surface area contributed by atoms with Gasteiger partial charge in [-0.25, -0.2) is 0 Å². The molecule has 4 aromatic carbocycles. The van der Waals surface area contributed by atoms with Gasteiger partial charge in [-0.1, -0.05) is 97.0 Å². The van der Waals surface area contributed by atoms with Crippen molar-refractivity contribution < 1.29 is 14.9 Å². The molecule has 3 nitrogen and oxygen atoms in total. The van der Waals surface area contributed by atoms with Gasteiger partial charge in [0.2, 0.25) is 0 Å². The summed E-state index contributed by atoms with van der Waals surface area (Å²) in [5.41, 5.74) is 3.99. The van der Waals surface area contributed by atoms with Crippen molar-refractivity contribution in [1.29, 1.82) is 0 Å². The lowest BCUT2D eigenvalue weighted by atomic mass is 9.96. The summed E-state index contributed by atoms with van der Waals surface area (Å²) < 4.78 is 5.92. The molecule has 42 heavy (non-hydrogen) atoms. The molecule has 0 radical (unpaired) electrons. The van der Waals surface area contributed by atoms with Gasteiger partial charge in [-0.05, 0) is 121 Å². The van der Waals surface area contributed by atoms with Crippen molar-refractivity contribution in [2.75, 3.05) is 0 Å². The first-order valence-corrected chi connectivity index (χ1v) is 15.7. The first kappa shape index (κ1) is 34.7. The average molecular weight is 571 g/mol. The van der Waals surface area contributed by atoms with Gasteiger partial charge < -0.3 is 14.9 Å². The molecular formula is C39H54O3. The molecule has 0 saturated carbocycles. The first-order chi connectivity index (χ1) is 19.9.